The molecule has 0 aromatic carbocycles. The highest BCUT2D eigenvalue weighted by Crippen LogP contribution is 2.20. The smallest absolute Gasteiger partial charge is 0.00482 e. The van der Waals surface area contributed by atoms with Crippen LogP contribution in [-0.4, -0.2) is 13.1 Å². The molecule has 0 fully saturated rings. The first-order chi connectivity index (χ1) is 8.61. The number of hydrogen-bond acceptors (Lipinski definition) is 2. The Hall–Kier alpha value is -0.340. The molecular formula is C16H29NS. The lowest BCUT2D eigenvalue weighted by molar-refractivity contribution is 0.455. The lowest BCUT2D eigenvalue weighted by Gasteiger charge is -2.12. The quantitative estimate of drug-likeness (QED) is 0.649. The maximum atomic E-state index is 3.53. The van der Waals surface area contributed by atoms with Gasteiger partial charge in [0.1, 0.15) is 0 Å². The van der Waals surface area contributed by atoms with Crippen molar-refractivity contribution >= 4 is 11.3 Å². The van der Waals surface area contributed by atoms with Crippen molar-refractivity contribution in [1.82, 2.24) is 5.32 Å². The highest BCUT2D eigenvalue weighted by Gasteiger charge is 2.05. The van der Waals surface area contributed by atoms with Crippen molar-refractivity contribution in [3.63, 3.8) is 0 Å². The molecule has 0 saturated carbocycles. The van der Waals surface area contributed by atoms with Crippen LogP contribution in [0.1, 0.15) is 50.3 Å². The van der Waals surface area contributed by atoms with Crippen LogP contribution < -0.4 is 5.32 Å². The number of rotatable bonds is 9. The third-order valence-corrected chi connectivity index (χ3v) is 4.61. The van der Waals surface area contributed by atoms with E-state index >= 15 is 0 Å². The standard InChI is InChI=1S/C16H29NS/c1-5-15-8-9-16(18-15)7-6-14(4)10-11-17-12-13(2)3/h8-9,13-14,17H,5-7,10-12H2,1-4H3. The number of thiophene rings is 1. The Morgan fingerprint density at radius 1 is 1.11 bits per heavy atom. The SMILES string of the molecule is CCc1ccc(CCC(C)CCNCC(C)C)s1. The summed E-state index contributed by atoms with van der Waals surface area (Å²) in [7, 11) is 0. The van der Waals surface area contributed by atoms with Crippen molar-refractivity contribution in [2.45, 2.75) is 53.4 Å². The largest absolute Gasteiger partial charge is 0.316 e. The van der Waals surface area contributed by atoms with Crippen LogP contribution in [0, 0.1) is 11.8 Å². The molecule has 0 bridgehead atoms. The Kier molecular flexibility index (Phi) is 7.60. The predicted octanol–water partition coefficient (Wildman–Crippen LogP) is 4.51. The fraction of sp³-hybridized carbons (Fsp3) is 0.750. The molecule has 1 heterocycles. The minimum Gasteiger partial charge on any atom is -0.316 e. The Bertz CT molecular complexity index is 317. The molecular weight excluding hydrogens is 238 g/mol. The molecule has 104 valence electrons. The van der Waals surface area contributed by atoms with Gasteiger partial charge in [-0.05, 0) is 62.7 Å². The Balaban J connectivity index is 2.11. The summed E-state index contributed by atoms with van der Waals surface area (Å²) in [4.78, 5) is 3.09. The maximum Gasteiger partial charge on any atom is 0.00482 e. The van der Waals surface area contributed by atoms with E-state index in [9.17, 15) is 0 Å². The lowest BCUT2D eigenvalue weighted by atomic mass is 10.0. The van der Waals surface area contributed by atoms with Crippen molar-refractivity contribution in [2.75, 3.05) is 13.1 Å². The number of hydrogen-bond donors (Lipinski definition) is 1. The van der Waals surface area contributed by atoms with Gasteiger partial charge in [-0.15, -0.1) is 11.3 Å². The molecule has 0 aliphatic carbocycles. The Morgan fingerprint density at radius 3 is 2.44 bits per heavy atom. The fourth-order valence-electron chi connectivity index (χ4n) is 2.02. The highest BCUT2D eigenvalue weighted by molar-refractivity contribution is 7.11. The van der Waals surface area contributed by atoms with Crippen molar-refractivity contribution in [1.29, 1.82) is 0 Å². The molecule has 2 heteroatoms. The van der Waals surface area contributed by atoms with Crippen LogP contribution in [0.5, 0.6) is 0 Å². The van der Waals surface area contributed by atoms with E-state index in [1.165, 1.54) is 37.1 Å². The highest BCUT2D eigenvalue weighted by atomic mass is 32.1. The first-order valence-electron chi connectivity index (χ1n) is 7.40. The molecule has 1 N–H and O–H groups in total. The van der Waals surface area contributed by atoms with Gasteiger partial charge in [-0.2, -0.15) is 0 Å². The van der Waals surface area contributed by atoms with Crippen LogP contribution >= 0.6 is 11.3 Å². The molecule has 18 heavy (non-hydrogen) atoms. The third kappa shape index (κ3) is 6.55. The summed E-state index contributed by atoms with van der Waals surface area (Å²) in [6.07, 6.45) is 5.07. The summed E-state index contributed by atoms with van der Waals surface area (Å²) in [6, 6.07) is 4.60. The van der Waals surface area contributed by atoms with Crippen molar-refractivity contribution in [3.8, 4) is 0 Å². The van der Waals surface area contributed by atoms with Gasteiger partial charge < -0.3 is 5.32 Å². The zero-order valence-electron chi connectivity index (χ0n) is 12.5. The van der Waals surface area contributed by atoms with Crippen molar-refractivity contribution in [2.24, 2.45) is 11.8 Å². The van der Waals surface area contributed by atoms with Gasteiger partial charge in [-0.25, -0.2) is 0 Å². The van der Waals surface area contributed by atoms with E-state index in [1.54, 1.807) is 4.88 Å². The summed E-state index contributed by atoms with van der Waals surface area (Å²) in [5.74, 6) is 1.59. The lowest BCUT2D eigenvalue weighted by Crippen LogP contribution is -2.22. The van der Waals surface area contributed by atoms with E-state index in [4.69, 9.17) is 0 Å². The van der Waals surface area contributed by atoms with E-state index in [1.807, 2.05) is 11.3 Å². The van der Waals surface area contributed by atoms with Crippen LogP contribution in [0.3, 0.4) is 0 Å². The first kappa shape index (κ1) is 15.7. The molecule has 1 rings (SSSR count). The van der Waals surface area contributed by atoms with Crippen LogP contribution in [0.25, 0.3) is 0 Å². The van der Waals surface area contributed by atoms with Gasteiger partial charge in [0.2, 0.25) is 0 Å². The first-order valence-corrected chi connectivity index (χ1v) is 8.21. The summed E-state index contributed by atoms with van der Waals surface area (Å²) < 4.78 is 0. The molecule has 1 atom stereocenters. The zero-order valence-corrected chi connectivity index (χ0v) is 13.3. The van der Waals surface area contributed by atoms with Gasteiger partial charge in [-0.3, -0.25) is 0 Å². The second-order valence-corrected chi connectivity index (χ2v) is 7.00. The predicted molar refractivity (Wildman–Crippen MR) is 83.5 cm³/mol. The summed E-state index contributed by atoms with van der Waals surface area (Å²) in [5, 5.41) is 3.53. The maximum absolute atomic E-state index is 3.53. The van der Waals surface area contributed by atoms with E-state index < -0.39 is 0 Å². The van der Waals surface area contributed by atoms with E-state index in [2.05, 4.69) is 45.1 Å². The van der Waals surface area contributed by atoms with Crippen LogP contribution in [-0.2, 0) is 12.8 Å². The third-order valence-electron chi connectivity index (χ3n) is 3.32. The van der Waals surface area contributed by atoms with E-state index in [-0.39, 0.29) is 0 Å². The van der Waals surface area contributed by atoms with Crippen LogP contribution in [0.2, 0.25) is 0 Å². The van der Waals surface area contributed by atoms with Crippen molar-refractivity contribution in [3.05, 3.63) is 21.9 Å². The van der Waals surface area contributed by atoms with Gasteiger partial charge in [0.15, 0.2) is 0 Å². The second-order valence-electron chi connectivity index (χ2n) is 5.75. The molecule has 0 saturated heterocycles. The summed E-state index contributed by atoms with van der Waals surface area (Å²) in [6.45, 7) is 11.5. The molecule has 0 amide bonds. The molecule has 0 radical (unpaired) electrons. The average molecular weight is 267 g/mol. The molecule has 0 spiro atoms. The molecule has 0 aliphatic rings. The van der Waals surface area contributed by atoms with Gasteiger partial charge in [0.25, 0.3) is 0 Å². The normalized spacial score (nSPS) is 13.2. The molecule has 1 unspecified atom stereocenters. The van der Waals surface area contributed by atoms with Crippen LogP contribution in [0.15, 0.2) is 12.1 Å². The molecule has 1 aromatic rings. The van der Waals surface area contributed by atoms with Crippen LogP contribution in [0.4, 0.5) is 0 Å². The molecule has 0 aliphatic heterocycles. The van der Waals surface area contributed by atoms with Gasteiger partial charge in [0.05, 0.1) is 0 Å². The zero-order chi connectivity index (χ0) is 13.4. The topological polar surface area (TPSA) is 12.0 Å². The fourth-order valence-corrected chi connectivity index (χ4v) is 2.99. The molecule has 1 aromatic heterocycles. The van der Waals surface area contributed by atoms with E-state index in [0.29, 0.717) is 0 Å². The number of nitrogens with one attached hydrogen (secondary N) is 1. The average Bonchev–Trinajstić information content (AvgIpc) is 2.80. The second kappa shape index (κ2) is 8.71. The monoisotopic (exact) mass is 267 g/mol. The van der Waals surface area contributed by atoms with Crippen molar-refractivity contribution < 1.29 is 0 Å². The Morgan fingerprint density at radius 2 is 1.83 bits per heavy atom. The summed E-state index contributed by atoms with van der Waals surface area (Å²) in [5.41, 5.74) is 0. The minimum absolute atomic E-state index is 0.763. The minimum atomic E-state index is 0.763. The van der Waals surface area contributed by atoms with Gasteiger partial charge in [0, 0.05) is 9.75 Å². The van der Waals surface area contributed by atoms with E-state index in [0.717, 1.165) is 18.4 Å². The Labute approximate surface area is 117 Å². The van der Waals surface area contributed by atoms with Gasteiger partial charge >= 0.3 is 0 Å². The molecule has 1 nitrogen and oxygen atoms in total. The summed E-state index contributed by atoms with van der Waals surface area (Å²) >= 11 is 1.99. The van der Waals surface area contributed by atoms with Gasteiger partial charge in [-0.1, -0.05) is 27.7 Å². The number of aryl methyl sites for hydroxylation is 2.